The van der Waals surface area contributed by atoms with Gasteiger partial charge in [-0.1, -0.05) is 47.1 Å². The van der Waals surface area contributed by atoms with Gasteiger partial charge >= 0.3 is 0 Å². The lowest BCUT2D eigenvalue weighted by molar-refractivity contribution is -0.131. The third-order valence-electron chi connectivity index (χ3n) is 5.48. The summed E-state index contributed by atoms with van der Waals surface area (Å²) in [4.78, 5) is 23.1. The number of carbonyl (C=O) groups excluding carboxylic acids is 1. The summed E-state index contributed by atoms with van der Waals surface area (Å²) in [5.74, 6) is 2.20. The first-order chi connectivity index (χ1) is 16.7. The highest BCUT2D eigenvalue weighted by Crippen LogP contribution is 2.27. The number of likely N-dealkylation sites (tertiary alicyclic amines) is 1. The number of amides is 1. The van der Waals surface area contributed by atoms with Crippen molar-refractivity contribution in [3.8, 4) is 17.1 Å². The molecule has 5 rings (SSSR count). The average Bonchev–Trinajstić information content (AvgIpc) is 3.44. The predicted octanol–water partition coefficient (Wildman–Crippen LogP) is 4.56. The predicted molar refractivity (Wildman–Crippen MR) is 127 cm³/mol. The third-order valence-corrected chi connectivity index (χ3v) is 6.63. The van der Waals surface area contributed by atoms with Gasteiger partial charge < -0.3 is 9.42 Å². The first kappa shape index (κ1) is 22.5. The van der Waals surface area contributed by atoms with Crippen molar-refractivity contribution in [3.63, 3.8) is 0 Å². The van der Waals surface area contributed by atoms with Crippen LogP contribution in [0.4, 0.5) is 0 Å². The van der Waals surface area contributed by atoms with Gasteiger partial charge in [0, 0.05) is 29.7 Å². The minimum Gasteiger partial charge on any atom is -0.338 e. The Hall–Kier alpha value is -3.24. The Morgan fingerprint density at radius 2 is 2.06 bits per heavy atom. The van der Waals surface area contributed by atoms with Crippen LogP contribution in [0.2, 0.25) is 5.02 Å². The molecule has 3 aromatic heterocycles. The fraction of sp³-hybridized carbons (Fsp3) is 0.304. The molecule has 1 saturated heterocycles. The van der Waals surface area contributed by atoms with Crippen LogP contribution in [0, 0.1) is 0 Å². The van der Waals surface area contributed by atoms with E-state index in [9.17, 15) is 4.79 Å². The van der Waals surface area contributed by atoms with E-state index in [0.717, 1.165) is 37.1 Å². The minimum atomic E-state index is 0.159. The molecule has 0 N–H and O–H groups in total. The van der Waals surface area contributed by atoms with Crippen molar-refractivity contribution in [2.24, 2.45) is 0 Å². The number of thioether (sulfide) groups is 1. The number of hydrogen-bond acceptors (Lipinski definition) is 8. The van der Waals surface area contributed by atoms with E-state index in [-0.39, 0.29) is 5.91 Å². The van der Waals surface area contributed by atoms with E-state index in [1.165, 1.54) is 11.8 Å². The standard InChI is InChI=1S/C23H22ClN7O2S/c24-17-7-4-6-16(12-17)22-26-20(33-29-22)15-34-23-28-27-19(31(23)18-8-5-10-25-13-18)14-30-11-3-1-2-9-21(30)32/h4-8,10,12-13H,1-3,9,11,14-15H2. The van der Waals surface area contributed by atoms with E-state index < -0.39 is 0 Å². The summed E-state index contributed by atoms with van der Waals surface area (Å²) in [7, 11) is 0. The summed E-state index contributed by atoms with van der Waals surface area (Å²) in [5, 5.41) is 14.2. The quantitative estimate of drug-likeness (QED) is 0.344. The lowest BCUT2D eigenvalue weighted by Crippen LogP contribution is -2.31. The van der Waals surface area contributed by atoms with Gasteiger partial charge in [-0.05, 0) is 37.1 Å². The maximum atomic E-state index is 12.5. The molecule has 174 valence electrons. The van der Waals surface area contributed by atoms with Gasteiger partial charge in [0.1, 0.15) is 0 Å². The Morgan fingerprint density at radius 1 is 1.12 bits per heavy atom. The van der Waals surface area contributed by atoms with Crippen LogP contribution in [0.1, 0.15) is 37.4 Å². The van der Waals surface area contributed by atoms with Crippen LogP contribution in [0.5, 0.6) is 0 Å². The van der Waals surface area contributed by atoms with E-state index in [0.29, 0.717) is 46.4 Å². The first-order valence-electron chi connectivity index (χ1n) is 11.0. The van der Waals surface area contributed by atoms with Crippen molar-refractivity contribution in [1.82, 2.24) is 34.8 Å². The van der Waals surface area contributed by atoms with Gasteiger partial charge in [0.05, 0.1) is 24.2 Å². The van der Waals surface area contributed by atoms with Gasteiger partial charge in [-0.3, -0.25) is 14.3 Å². The monoisotopic (exact) mass is 495 g/mol. The van der Waals surface area contributed by atoms with Gasteiger partial charge in [0.25, 0.3) is 0 Å². The van der Waals surface area contributed by atoms with Crippen molar-refractivity contribution in [2.75, 3.05) is 6.54 Å². The lowest BCUT2D eigenvalue weighted by Gasteiger charge is -2.20. The molecule has 1 amide bonds. The van der Waals surface area contributed by atoms with Crippen LogP contribution in [0.15, 0.2) is 58.5 Å². The van der Waals surface area contributed by atoms with Crippen molar-refractivity contribution in [3.05, 3.63) is 65.5 Å². The van der Waals surface area contributed by atoms with Crippen molar-refractivity contribution in [1.29, 1.82) is 0 Å². The molecule has 0 saturated carbocycles. The molecule has 1 aliphatic rings. The largest absolute Gasteiger partial charge is 0.338 e. The summed E-state index contributed by atoms with van der Waals surface area (Å²) < 4.78 is 7.37. The second-order valence-electron chi connectivity index (χ2n) is 7.88. The molecule has 1 aromatic carbocycles. The molecular formula is C23H22ClN7O2S. The maximum absolute atomic E-state index is 12.5. The number of hydrogen-bond donors (Lipinski definition) is 0. The van der Waals surface area contributed by atoms with Crippen LogP contribution >= 0.6 is 23.4 Å². The molecule has 0 spiro atoms. The van der Waals surface area contributed by atoms with E-state index in [1.54, 1.807) is 24.5 Å². The average molecular weight is 496 g/mol. The summed E-state index contributed by atoms with van der Waals surface area (Å²) in [6.45, 7) is 1.14. The Kier molecular flexibility index (Phi) is 6.87. The molecule has 4 heterocycles. The van der Waals surface area contributed by atoms with Gasteiger partial charge in [-0.15, -0.1) is 10.2 Å². The highest BCUT2D eigenvalue weighted by atomic mass is 35.5. The summed E-state index contributed by atoms with van der Waals surface area (Å²) in [6.07, 6.45) is 7.06. The van der Waals surface area contributed by atoms with Crippen LogP contribution in [-0.2, 0) is 17.1 Å². The number of carbonyl (C=O) groups is 1. The third kappa shape index (κ3) is 5.13. The van der Waals surface area contributed by atoms with E-state index >= 15 is 0 Å². The molecular weight excluding hydrogens is 474 g/mol. The minimum absolute atomic E-state index is 0.159. The second kappa shape index (κ2) is 10.4. The number of benzene rings is 1. The fourth-order valence-corrected chi connectivity index (χ4v) is 4.80. The van der Waals surface area contributed by atoms with Gasteiger partial charge in [0.2, 0.25) is 17.6 Å². The number of rotatable bonds is 7. The zero-order valence-corrected chi connectivity index (χ0v) is 19.9. The molecule has 0 unspecified atom stereocenters. The zero-order chi connectivity index (χ0) is 23.3. The van der Waals surface area contributed by atoms with Crippen molar-refractivity contribution < 1.29 is 9.32 Å². The molecule has 34 heavy (non-hydrogen) atoms. The summed E-state index contributed by atoms with van der Waals surface area (Å²) in [5.41, 5.74) is 1.62. The molecule has 1 aliphatic heterocycles. The molecule has 9 nitrogen and oxygen atoms in total. The maximum Gasteiger partial charge on any atom is 0.237 e. The van der Waals surface area contributed by atoms with Crippen LogP contribution in [0.3, 0.4) is 0 Å². The fourth-order valence-electron chi connectivity index (χ4n) is 3.80. The highest BCUT2D eigenvalue weighted by Gasteiger charge is 2.22. The van der Waals surface area contributed by atoms with E-state index in [4.69, 9.17) is 16.1 Å². The molecule has 4 aromatic rings. The van der Waals surface area contributed by atoms with Gasteiger partial charge in [-0.25, -0.2) is 0 Å². The molecule has 11 heteroatoms. The molecule has 0 radical (unpaired) electrons. The Balaban J connectivity index is 1.37. The molecule has 1 fully saturated rings. The zero-order valence-electron chi connectivity index (χ0n) is 18.3. The van der Waals surface area contributed by atoms with E-state index in [1.807, 2.05) is 33.7 Å². The number of nitrogens with zero attached hydrogens (tertiary/aromatic N) is 7. The van der Waals surface area contributed by atoms with Gasteiger partial charge in [-0.2, -0.15) is 4.98 Å². The second-order valence-corrected chi connectivity index (χ2v) is 9.26. The molecule has 0 bridgehead atoms. The van der Waals surface area contributed by atoms with Crippen molar-refractivity contribution in [2.45, 2.75) is 43.1 Å². The molecule has 0 aliphatic carbocycles. The van der Waals surface area contributed by atoms with E-state index in [2.05, 4.69) is 25.3 Å². The number of aromatic nitrogens is 6. The number of pyridine rings is 1. The lowest BCUT2D eigenvalue weighted by atomic mass is 10.2. The number of halogens is 1. The van der Waals surface area contributed by atoms with Crippen LogP contribution in [0.25, 0.3) is 17.1 Å². The Morgan fingerprint density at radius 3 is 2.91 bits per heavy atom. The Labute approximate surface area is 205 Å². The topological polar surface area (TPSA) is 103 Å². The normalized spacial score (nSPS) is 14.4. The van der Waals surface area contributed by atoms with Crippen LogP contribution in [-0.4, -0.2) is 47.2 Å². The SMILES string of the molecule is O=C1CCCCCN1Cc1nnc(SCc2nc(-c3cccc(Cl)c3)no2)n1-c1cccnc1. The first-order valence-corrected chi connectivity index (χ1v) is 12.4. The highest BCUT2D eigenvalue weighted by molar-refractivity contribution is 7.98. The van der Waals surface area contributed by atoms with Crippen molar-refractivity contribution >= 4 is 29.3 Å². The van der Waals surface area contributed by atoms with Gasteiger partial charge in [0.15, 0.2) is 11.0 Å². The smallest absolute Gasteiger partial charge is 0.237 e. The van der Waals surface area contributed by atoms with Crippen LogP contribution < -0.4 is 0 Å². The Bertz CT molecular complexity index is 1280. The summed E-state index contributed by atoms with van der Waals surface area (Å²) >= 11 is 7.50. The molecule has 0 atom stereocenters. The summed E-state index contributed by atoms with van der Waals surface area (Å²) in [6, 6.07) is 11.1.